The van der Waals surface area contributed by atoms with Crippen LogP contribution in [-0.2, 0) is 47.9 Å². The molecule has 0 spiro atoms. The van der Waals surface area contributed by atoms with Crippen molar-refractivity contribution < 1.29 is 24.2 Å². The Labute approximate surface area is 296 Å². The fourth-order valence-corrected chi connectivity index (χ4v) is 4.37. The molecule has 0 nitrogen and oxygen atoms in total. The zero-order valence-corrected chi connectivity index (χ0v) is 31.6. The average molecular weight is 703 g/mol. The quantitative estimate of drug-likeness (QED) is 0.153. The Hall–Kier alpha value is -2.31. The zero-order valence-electron chi connectivity index (χ0n) is 27.5. The number of hydrogen-bond donors (Lipinski definition) is 0. The van der Waals surface area contributed by atoms with Crippen LogP contribution in [0.5, 0.6) is 0 Å². The van der Waals surface area contributed by atoms with Crippen LogP contribution in [0.3, 0.4) is 0 Å². The maximum atomic E-state index is 3.67. The molecule has 0 saturated carbocycles. The third-order valence-electron chi connectivity index (χ3n) is 6.85. The van der Waals surface area contributed by atoms with Gasteiger partial charge in [0.05, 0.1) is 0 Å². The van der Waals surface area contributed by atoms with Gasteiger partial charge in [0.1, 0.15) is 0 Å². The Kier molecular flexibility index (Phi) is 20.3. The standard InChI is InChI=1S/C21H25.C8H9.C6H5.C5H5.CH2.2ClH.Zr/c1-20(2,3)16-7-9-18-14(12-16)11-15-13-17(21(4,5)6)8-10-19(15)18;1-2-8-6-4-3-5-7-8;1-2-4-6-5-3-1;1-2-4-5-3-1;;;;/h7-10,12H,11H2,1-6H3;4-7H,2H2,1H3;1-5H;1-3H,4H2;1H2;2*1H;/q4*-1;;;;. The van der Waals surface area contributed by atoms with Gasteiger partial charge in [0.2, 0.25) is 0 Å². The van der Waals surface area contributed by atoms with Crippen LogP contribution in [0.1, 0.15) is 82.7 Å². The van der Waals surface area contributed by atoms with Crippen LogP contribution in [0.25, 0.3) is 11.1 Å². The van der Waals surface area contributed by atoms with Gasteiger partial charge in [0, 0.05) is 0 Å². The Morgan fingerprint density at radius 1 is 0.750 bits per heavy atom. The van der Waals surface area contributed by atoms with Crippen molar-refractivity contribution in [2.45, 2.75) is 78.6 Å². The minimum Gasteiger partial charge on any atom is -0.184 e. The number of allylic oxidation sites excluding steroid dienone is 4. The molecule has 4 aromatic rings. The second-order valence-electron chi connectivity index (χ2n) is 12.2. The molecule has 0 fully saturated rings. The van der Waals surface area contributed by atoms with E-state index in [9.17, 15) is 0 Å². The van der Waals surface area contributed by atoms with E-state index in [-0.39, 0.29) is 35.6 Å². The van der Waals surface area contributed by atoms with Crippen LogP contribution >= 0.6 is 24.8 Å². The predicted octanol–water partition coefficient (Wildman–Crippen LogP) is 11.3. The summed E-state index contributed by atoms with van der Waals surface area (Å²) in [6.07, 6.45) is 12.1. The summed E-state index contributed by atoms with van der Waals surface area (Å²) in [4.78, 5) is 0. The minimum absolute atomic E-state index is 0. The molecule has 0 radical (unpaired) electrons. The first-order valence-corrected chi connectivity index (χ1v) is 16.5. The second-order valence-corrected chi connectivity index (χ2v) is 12.2. The summed E-state index contributed by atoms with van der Waals surface area (Å²) in [7, 11) is 0. The van der Waals surface area contributed by atoms with E-state index in [1.807, 2.05) is 54.6 Å². The van der Waals surface area contributed by atoms with Crippen molar-refractivity contribution in [2.24, 2.45) is 0 Å². The Bertz CT molecular complexity index is 1290. The first-order valence-electron chi connectivity index (χ1n) is 14.7. The first kappa shape index (κ1) is 41.7. The van der Waals surface area contributed by atoms with Gasteiger partial charge in [-0.3, -0.25) is 6.08 Å². The van der Waals surface area contributed by atoms with E-state index in [1.165, 1.54) is 63.2 Å². The number of fused-ring (bicyclic) bond motifs is 3. The Morgan fingerprint density at radius 3 is 1.77 bits per heavy atom. The molecule has 0 heterocycles. The van der Waals surface area contributed by atoms with Gasteiger partial charge in [0.25, 0.3) is 0 Å². The SMILES string of the molecule is CC(C)(C)c1[c-]c2c(cc1)-c1ccc(C(C)(C)C)cc1C2.CCc1cc[c-]cc1.Cl.Cl.[C-]1=CC=CC1.[CH2]=[Zr].[c-]1ccccc1. The van der Waals surface area contributed by atoms with Crippen LogP contribution in [0.4, 0.5) is 0 Å². The average Bonchev–Trinajstić information content (AvgIpc) is 3.71. The zero-order chi connectivity index (χ0) is 31.0. The molecule has 234 valence electrons. The summed E-state index contributed by atoms with van der Waals surface area (Å²) in [5.41, 5.74) is 10.1. The van der Waals surface area contributed by atoms with Crippen molar-refractivity contribution in [3.63, 3.8) is 0 Å². The van der Waals surface area contributed by atoms with E-state index in [0.717, 1.165) is 19.3 Å². The van der Waals surface area contributed by atoms with E-state index < -0.39 is 0 Å². The minimum atomic E-state index is 0. The molecule has 0 atom stereocenters. The van der Waals surface area contributed by atoms with Crippen LogP contribution in [-0.4, -0.2) is 4.21 Å². The molecule has 4 aromatic carbocycles. The fourth-order valence-electron chi connectivity index (χ4n) is 4.37. The number of rotatable bonds is 1. The molecule has 0 aromatic heterocycles. The summed E-state index contributed by atoms with van der Waals surface area (Å²) in [6.45, 7) is 15.7. The number of halogens is 2. The topological polar surface area (TPSA) is 0 Å². The molecule has 44 heavy (non-hydrogen) atoms. The normalized spacial score (nSPS) is 11.5. The monoisotopic (exact) mass is 700 g/mol. The molecule has 6 rings (SSSR count). The third kappa shape index (κ3) is 14.2. The molecule has 3 heteroatoms. The maximum Gasteiger partial charge on any atom is -0.171 e. The van der Waals surface area contributed by atoms with Crippen molar-refractivity contribution in [1.82, 2.24) is 0 Å². The molecule has 0 amide bonds. The third-order valence-corrected chi connectivity index (χ3v) is 6.85. The van der Waals surface area contributed by atoms with Crippen LogP contribution in [0.15, 0.2) is 103 Å². The van der Waals surface area contributed by atoms with Crippen molar-refractivity contribution in [2.75, 3.05) is 0 Å². The van der Waals surface area contributed by atoms with Gasteiger partial charge < -0.3 is 0 Å². The van der Waals surface area contributed by atoms with E-state index in [4.69, 9.17) is 0 Å². The summed E-state index contributed by atoms with van der Waals surface area (Å²) < 4.78 is 3.34. The number of aryl methyl sites for hydroxylation is 1. The molecule has 0 unspecified atom stereocenters. The number of benzene rings is 4. The largest absolute Gasteiger partial charge is 0.184 e. The van der Waals surface area contributed by atoms with Gasteiger partial charge in [-0.25, -0.2) is 12.2 Å². The molecular formula is C41H48Cl2Zr-4. The van der Waals surface area contributed by atoms with E-state index >= 15 is 0 Å². The molecule has 2 aliphatic rings. The van der Waals surface area contributed by atoms with Crippen LogP contribution < -0.4 is 0 Å². The van der Waals surface area contributed by atoms with Gasteiger partial charge in [-0.2, -0.15) is 102 Å². The van der Waals surface area contributed by atoms with Crippen LogP contribution in [0, 0.1) is 24.3 Å². The fraction of sp³-hybridized carbons (Fsp3) is 0.293. The molecule has 0 saturated heterocycles. The first-order chi connectivity index (χ1) is 20.1. The predicted molar refractivity (Wildman–Crippen MR) is 194 cm³/mol. The van der Waals surface area contributed by atoms with Gasteiger partial charge in [-0.05, 0) is 28.4 Å². The van der Waals surface area contributed by atoms with Crippen LogP contribution in [0.2, 0.25) is 0 Å². The Balaban J connectivity index is 0.000000659. The molecular weight excluding hydrogens is 655 g/mol. The van der Waals surface area contributed by atoms with Crippen molar-refractivity contribution in [3.8, 4) is 11.1 Å². The van der Waals surface area contributed by atoms with Crippen molar-refractivity contribution in [3.05, 3.63) is 155 Å². The molecule has 0 aliphatic heterocycles. The van der Waals surface area contributed by atoms with Gasteiger partial charge in [-0.1, -0.05) is 78.6 Å². The summed E-state index contributed by atoms with van der Waals surface area (Å²) >= 11 is 1.30. The van der Waals surface area contributed by atoms with E-state index in [0.29, 0.717) is 0 Å². The molecule has 0 N–H and O–H groups in total. The molecule has 2 aliphatic carbocycles. The van der Waals surface area contributed by atoms with Gasteiger partial charge >= 0.3 is 28.4 Å². The van der Waals surface area contributed by atoms with Crippen molar-refractivity contribution >= 4 is 29.0 Å². The number of hydrogen-bond acceptors (Lipinski definition) is 0. The maximum absolute atomic E-state index is 3.67. The van der Waals surface area contributed by atoms with Crippen molar-refractivity contribution in [1.29, 1.82) is 0 Å². The van der Waals surface area contributed by atoms with Gasteiger partial charge in [-0.15, -0.1) is 42.4 Å². The summed E-state index contributed by atoms with van der Waals surface area (Å²) in [5, 5.41) is 0. The van der Waals surface area contributed by atoms with Gasteiger partial charge in [0.15, 0.2) is 0 Å². The van der Waals surface area contributed by atoms with E-state index in [2.05, 4.69) is 125 Å². The molecule has 0 bridgehead atoms. The summed E-state index contributed by atoms with van der Waals surface area (Å²) in [6, 6.07) is 38.7. The Morgan fingerprint density at radius 2 is 1.36 bits per heavy atom. The summed E-state index contributed by atoms with van der Waals surface area (Å²) in [5.74, 6) is 0. The second kappa shape index (κ2) is 21.4. The van der Waals surface area contributed by atoms with E-state index in [1.54, 1.807) is 0 Å². The smallest absolute Gasteiger partial charge is 0.171 e.